The summed E-state index contributed by atoms with van der Waals surface area (Å²) in [6, 6.07) is 5.57. The van der Waals surface area contributed by atoms with Crippen LogP contribution in [-0.4, -0.2) is 20.2 Å². The highest BCUT2D eigenvalue weighted by atomic mass is 32.2. The molecular weight excluding hydrogens is 282 g/mol. The molecule has 2 amide bonds. The molecule has 1 aromatic carbocycles. The number of anilines is 1. The molecular formula is C12H17N3O4S. The zero-order valence-corrected chi connectivity index (χ0v) is 12.2. The van der Waals surface area contributed by atoms with Gasteiger partial charge in [-0.2, -0.15) is 0 Å². The molecule has 0 aromatic heterocycles. The molecule has 0 heterocycles. The molecule has 1 rings (SSSR count). The van der Waals surface area contributed by atoms with E-state index in [-0.39, 0.29) is 16.7 Å². The van der Waals surface area contributed by atoms with E-state index in [0.717, 1.165) is 0 Å². The lowest BCUT2D eigenvalue weighted by Crippen LogP contribution is -2.43. The molecule has 0 unspecified atom stereocenters. The lowest BCUT2D eigenvalue weighted by atomic mass is 10.2. The molecule has 0 atom stereocenters. The van der Waals surface area contributed by atoms with Gasteiger partial charge in [0.25, 0.3) is 10.0 Å². The second-order valence-corrected chi connectivity index (χ2v) is 6.14. The SMILES string of the molecule is CC(=O)Nc1ccc(S(=O)(=O)NNC(=O)C(C)C)cc1. The van der Waals surface area contributed by atoms with Crippen molar-refractivity contribution in [1.29, 1.82) is 0 Å². The fourth-order valence-electron chi connectivity index (χ4n) is 1.24. The minimum Gasteiger partial charge on any atom is -0.326 e. The van der Waals surface area contributed by atoms with E-state index >= 15 is 0 Å². The van der Waals surface area contributed by atoms with Gasteiger partial charge in [-0.25, -0.2) is 8.42 Å². The summed E-state index contributed by atoms with van der Waals surface area (Å²) >= 11 is 0. The maximum Gasteiger partial charge on any atom is 0.257 e. The standard InChI is InChI=1S/C12H17N3O4S/c1-8(2)12(17)14-15-20(18,19)11-6-4-10(5-7-11)13-9(3)16/h4-8,15H,1-3H3,(H,13,16)(H,14,17). The molecule has 0 radical (unpaired) electrons. The van der Waals surface area contributed by atoms with E-state index in [4.69, 9.17) is 0 Å². The largest absolute Gasteiger partial charge is 0.326 e. The Morgan fingerprint density at radius 1 is 1.10 bits per heavy atom. The lowest BCUT2D eigenvalue weighted by Gasteiger charge is -2.10. The second kappa shape index (κ2) is 6.49. The van der Waals surface area contributed by atoms with Crippen LogP contribution < -0.4 is 15.6 Å². The van der Waals surface area contributed by atoms with Gasteiger partial charge in [0.1, 0.15) is 0 Å². The molecule has 0 spiro atoms. The first-order valence-corrected chi connectivity index (χ1v) is 7.40. The molecule has 0 aliphatic heterocycles. The predicted octanol–water partition coefficient (Wildman–Crippen LogP) is 0.610. The van der Waals surface area contributed by atoms with Crippen molar-refractivity contribution in [2.45, 2.75) is 25.7 Å². The number of hydrogen-bond acceptors (Lipinski definition) is 4. The van der Waals surface area contributed by atoms with Gasteiger partial charge < -0.3 is 5.32 Å². The summed E-state index contributed by atoms with van der Waals surface area (Å²) in [6.07, 6.45) is 0. The summed E-state index contributed by atoms with van der Waals surface area (Å²) in [7, 11) is -3.83. The van der Waals surface area contributed by atoms with Crippen LogP contribution in [0, 0.1) is 5.92 Å². The molecule has 20 heavy (non-hydrogen) atoms. The normalized spacial score (nSPS) is 11.2. The van der Waals surface area contributed by atoms with Gasteiger partial charge in [-0.3, -0.25) is 15.0 Å². The average Bonchev–Trinajstić information content (AvgIpc) is 2.35. The zero-order chi connectivity index (χ0) is 15.3. The van der Waals surface area contributed by atoms with Gasteiger partial charge in [0.2, 0.25) is 11.8 Å². The minimum atomic E-state index is -3.83. The highest BCUT2D eigenvalue weighted by Crippen LogP contribution is 2.13. The lowest BCUT2D eigenvalue weighted by molar-refractivity contribution is -0.124. The highest BCUT2D eigenvalue weighted by molar-refractivity contribution is 7.89. The van der Waals surface area contributed by atoms with E-state index in [1.54, 1.807) is 13.8 Å². The number of carbonyl (C=O) groups is 2. The smallest absolute Gasteiger partial charge is 0.257 e. The first-order valence-electron chi connectivity index (χ1n) is 5.91. The Kier molecular flexibility index (Phi) is 5.23. The van der Waals surface area contributed by atoms with Gasteiger partial charge in [0.15, 0.2) is 0 Å². The topological polar surface area (TPSA) is 104 Å². The van der Waals surface area contributed by atoms with Gasteiger partial charge in [0, 0.05) is 18.5 Å². The van der Waals surface area contributed by atoms with Gasteiger partial charge in [-0.1, -0.05) is 13.8 Å². The van der Waals surface area contributed by atoms with Crippen molar-refractivity contribution in [2.24, 2.45) is 5.92 Å². The zero-order valence-electron chi connectivity index (χ0n) is 11.4. The van der Waals surface area contributed by atoms with Crippen LogP contribution in [-0.2, 0) is 19.6 Å². The van der Waals surface area contributed by atoms with Gasteiger partial charge in [-0.15, -0.1) is 4.83 Å². The molecule has 0 aliphatic rings. The number of amides is 2. The Morgan fingerprint density at radius 3 is 2.10 bits per heavy atom. The Morgan fingerprint density at radius 2 is 1.65 bits per heavy atom. The maximum absolute atomic E-state index is 11.9. The first-order chi connectivity index (χ1) is 9.22. The maximum atomic E-state index is 11.9. The third-order valence-corrected chi connectivity index (χ3v) is 3.58. The van der Waals surface area contributed by atoms with Crippen molar-refractivity contribution in [1.82, 2.24) is 10.3 Å². The van der Waals surface area contributed by atoms with Crippen molar-refractivity contribution in [3.05, 3.63) is 24.3 Å². The fraction of sp³-hybridized carbons (Fsp3) is 0.333. The number of carbonyl (C=O) groups excluding carboxylic acids is 2. The highest BCUT2D eigenvalue weighted by Gasteiger charge is 2.16. The van der Waals surface area contributed by atoms with Crippen LogP contribution in [0.15, 0.2) is 29.2 Å². The summed E-state index contributed by atoms with van der Waals surface area (Å²) in [4.78, 5) is 24.1. The number of benzene rings is 1. The van der Waals surface area contributed by atoms with Crippen molar-refractivity contribution < 1.29 is 18.0 Å². The molecule has 0 bridgehead atoms. The minimum absolute atomic E-state index is 0.0179. The average molecular weight is 299 g/mol. The molecule has 8 heteroatoms. The van der Waals surface area contributed by atoms with Crippen molar-refractivity contribution in [2.75, 3.05) is 5.32 Å². The Balaban J connectivity index is 2.77. The van der Waals surface area contributed by atoms with Gasteiger partial charge in [0.05, 0.1) is 4.90 Å². The Labute approximate surface area is 117 Å². The molecule has 0 saturated heterocycles. The van der Waals surface area contributed by atoms with Crippen LogP contribution in [0.1, 0.15) is 20.8 Å². The van der Waals surface area contributed by atoms with Gasteiger partial charge in [-0.05, 0) is 24.3 Å². The molecule has 0 aliphatic carbocycles. The monoisotopic (exact) mass is 299 g/mol. The molecule has 0 fully saturated rings. The van der Waals surface area contributed by atoms with Crippen molar-refractivity contribution in [3.8, 4) is 0 Å². The summed E-state index contributed by atoms with van der Waals surface area (Å²) in [6.45, 7) is 4.64. The molecule has 3 N–H and O–H groups in total. The van der Waals surface area contributed by atoms with E-state index in [1.807, 2.05) is 4.83 Å². The van der Waals surface area contributed by atoms with Crippen LogP contribution in [0.2, 0.25) is 0 Å². The fourth-order valence-corrected chi connectivity index (χ4v) is 2.09. The summed E-state index contributed by atoms with van der Waals surface area (Å²) in [5.74, 6) is -1.01. The van der Waals surface area contributed by atoms with Crippen LogP contribution >= 0.6 is 0 Å². The van der Waals surface area contributed by atoms with Gasteiger partial charge >= 0.3 is 0 Å². The van der Waals surface area contributed by atoms with Crippen LogP contribution in [0.5, 0.6) is 0 Å². The van der Waals surface area contributed by atoms with Crippen LogP contribution in [0.4, 0.5) is 5.69 Å². The van der Waals surface area contributed by atoms with E-state index in [0.29, 0.717) is 5.69 Å². The molecule has 7 nitrogen and oxygen atoms in total. The summed E-state index contributed by atoms with van der Waals surface area (Å²) < 4.78 is 23.8. The Hall–Kier alpha value is -1.93. The quantitative estimate of drug-likeness (QED) is 0.693. The van der Waals surface area contributed by atoms with Crippen LogP contribution in [0.3, 0.4) is 0 Å². The van der Waals surface area contributed by atoms with Crippen LogP contribution in [0.25, 0.3) is 0 Å². The Bertz CT molecular complexity index is 594. The first kappa shape index (κ1) is 16.1. The number of nitrogens with one attached hydrogen (secondary N) is 3. The summed E-state index contributed by atoms with van der Waals surface area (Å²) in [5.41, 5.74) is 2.61. The third-order valence-electron chi connectivity index (χ3n) is 2.32. The van der Waals surface area contributed by atoms with E-state index in [9.17, 15) is 18.0 Å². The molecule has 0 saturated carbocycles. The van der Waals surface area contributed by atoms with Crippen molar-refractivity contribution >= 4 is 27.5 Å². The number of hydrogen-bond donors (Lipinski definition) is 3. The molecule has 1 aromatic rings. The predicted molar refractivity (Wildman–Crippen MR) is 74.0 cm³/mol. The number of hydrazine groups is 1. The number of sulfonamides is 1. The van der Waals surface area contributed by atoms with E-state index < -0.39 is 15.9 Å². The van der Waals surface area contributed by atoms with E-state index in [2.05, 4.69) is 10.7 Å². The van der Waals surface area contributed by atoms with Crippen molar-refractivity contribution in [3.63, 3.8) is 0 Å². The van der Waals surface area contributed by atoms with E-state index in [1.165, 1.54) is 31.2 Å². The number of rotatable bonds is 5. The molecule has 110 valence electrons. The second-order valence-electron chi connectivity index (χ2n) is 4.46. The summed E-state index contributed by atoms with van der Waals surface area (Å²) in [5, 5.41) is 2.52. The third kappa shape index (κ3) is 4.63.